The Morgan fingerprint density at radius 1 is 1.17 bits per heavy atom. The lowest BCUT2D eigenvalue weighted by atomic mass is 10.2. The summed E-state index contributed by atoms with van der Waals surface area (Å²) in [5.41, 5.74) is 3.52. The van der Waals surface area contributed by atoms with E-state index >= 15 is 0 Å². The molecule has 0 bridgehead atoms. The lowest BCUT2D eigenvalue weighted by Crippen LogP contribution is -1.91. The van der Waals surface area contributed by atoms with Crippen molar-refractivity contribution in [2.45, 2.75) is 0 Å². The van der Waals surface area contributed by atoms with Crippen LogP contribution in [0.25, 0.3) is 22.6 Å². The second-order valence-electron chi connectivity index (χ2n) is 6.08. The highest BCUT2D eigenvalue weighted by Crippen LogP contribution is 2.39. The smallest absolute Gasteiger partial charge is 0.227 e. The van der Waals surface area contributed by atoms with Gasteiger partial charge in [-0.25, -0.2) is 4.98 Å². The Kier molecular flexibility index (Phi) is 5.93. The Morgan fingerprint density at radius 2 is 2.00 bits per heavy atom. The molecule has 5 nitrogen and oxygen atoms in total. The predicted octanol–water partition coefficient (Wildman–Crippen LogP) is 7.09. The molecule has 146 valence electrons. The Balaban J connectivity index is 1.70. The van der Waals surface area contributed by atoms with Crippen molar-refractivity contribution in [3.8, 4) is 23.0 Å². The predicted molar refractivity (Wildman–Crippen MR) is 129 cm³/mol. The molecule has 1 heterocycles. The molecule has 0 aliphatic heterocycles. The zero-order valence-corrected chi connectivity index (χ0v) is 20.3. The number of phenolic OH excluding ortho intramolecular Hbond substituents is 1. The molecule has 29 heavy (non-hydrogen) atoms. The van der Waals surface area contributed by atoms with Crippen molar-refractivity contribution in [3.05, 3.63) is 66.6 Å². The number of benzene rings is 3. The number of hydrogen-bond donors (Lipinski definition) is 1. The molecule has 0 aliphatic carbocycles. The second kappa shape index (κ2) is 8.45. The van der Waals surface area contributed by atoms with Gasteiger partial charge in [0.15, 0.2) is 17.1 Å². The lowest BCUT2D eigenvalue weighted by molar-refractivity contribution is 0.372. The zero-order valence-electron chi connectivity index (χ0n) is 15.0. The molecule has 1 aromatic heterocycles. The number of hydrogen-bond acceptors (Lipinski definition) is 5. The summed E-state index contributed by atoms with van der Waals surface area (Å²) >= 11 is 9.16. The standard InChI is InChI=1S/C21H13Br2IN2O3/c1-28-18-9-15(22)19(23)14(20(18)27)10-25-13-5-6-17-16(8-13)26-21(29-17)11-3-2-4-12(24)7-11/h2-10,27H,1H3. The number of aromatic hydroxyl groups is 1. The maximum Gasteiger partial charge on any atom is 0.227 e. The van der Waals surface area contributed by atoms with Gasteiger partial charge in [-0.2, -0.15) is 0 Å². The first-order valence-electron chi connectivity index (χ1n) is 8.42. The summed E-state index contributed by atoms with van der Waals surface area (Å²) in [4.78, 5) is 9.07. The maximum absolute atomic E-state index is 10.4. The van der Waals surface area contributed by atoms with Crippen LogP contribution < -0.4 is 4.74 Å². The van der Waals surface area contributed by atoms with Crippen LogP contribution in [-0.2, 0) is 0 Å². The first-order valence-corrected chi connectivity index (χ1v) is 11.1. The van der Waals surface area contributed by atoms with Crippen LogP contribution in [0.4, 0.5) is 5.69 Å². The van der Waals surface area contributed by atoms with E-state index in [1.807, 2.05) is 42.5 Å². The molecular formula is C21H13Br2IN2O3. The largest absolute Gasteiger partial charge is 0.504 e. The number of phenols is 1. The van der Waals surface area contributed by atoms with Gasteiger partial charge in [-0.1, -0.05) is 6.07 Å². The molecule has 4 rings (SSSR count). The average Bonchev–Trinajstić information content (AvgIpc) is 3.14. The molecule has 0 atom stereocenters. The van der Waals surface area contributed by atoms with E-state index in [2.05, 4.69) is 64.4 Å². The minimum Gasteiger partial charge on any atom is -0.504 e. The number of rotatable bonds is 4. The van der Waals surface area contributed by atoms with Crippen molar-refractivity contribution in [2.24, 2.45) is 4.99 Å². The Hall–Kier alpha value is -1.91. The molecule has 0 fully saturated rings. The molecule has 8 heteroatoms. The highest BCUT2D eigenvalue weighted by Gasteiger charge is 2.14. The maximum atomic E-state index is 10.4. The van der Waals surface area contributed by atoms with Crippen LogP contribution in [-0.4, -0.2) is 23.4 Å². The molecule has 0 spiro atoms. The first-order chi connectivity index (χ1) is 14.0. The third-order valence-corrected chi connectivity index (χ3v) is 6.88. The Morgan fingerprint density at radius 3 is 2.76 bits per heavy atom. The summed E-state index contributed by atoms with van der Waals surface area (Å²) in [5, 5.41) is 10.4. The van der Waals surface area contributed by atoms with E-state index < -0.39 is 0 Å². The van der Waals surface area contributed by atoms with Gasteiger partial charge in [0, 0.05) is 24.3 Å². The quantitative estimate of drug-likeness (QED) is 0.194. The SMILES string of the molecule is COc1cc(Br)c(Br)c(C=Nc2ccc3oc(-c4cccc(I)c4)nc3c2)c1O. The molecule has 0 saturated carbocycles. The van der Waals surface area contributed by atoms with E-state index in [9.17, 15) is 5.11 Å². The summed E-state index contributed by atoms with van der Waals surface area (Å²) < 4.78 is 13.6. The van der Waals surface area contributed by atoms with Crippen molar-refractivity contribution >= 4 is 77.5 Å². The molecule has 0 amide bonds. The third kappa shape index (κ3) is 4.19. The Bertz CT molecular complexity index is 1250. The second-order valence-corrected chi connectivity index (χ2v) is 8.97. The highest BCUT2D eigenvalue weighted by atomic mass is 127. The number of nitrogens with zero attached hydrogens (tertiary/aromatic N) is 2. The van der Waals surface area contributed by atoms with Gasteiger partial charge in [-0.15, -0.1) is 0 Å². The van der Waals surface area contributed by atoms with Gasteiger partial charge in [0.25, 0.3) is 0 Å². The first kappa shape index (κ1) is 20.4. The van der Waals surface area contributed by atoms with Crippen LogP contribution in [0.15, 0.2) is 66.9 Å². The third-order valence-electron chi connectivity index (χ3n) is 4.20. The van der Waals surface area contributed by atoms with E-state index in [-0.39, 0.29) is 5.75 Å². The summed E-state index contributed by atoms with van der Waals surface area (Å²) in [5.74, 6) is 0.933. The van der Waals surface area contributed by atoms with Crippen molar-refractivity contribution in [3.63, 3.8) is 0 Å². The number of oxazole rings is 1. The van der Waals surface area contributed by atoms with Crippen LogP contribution in [0.2, 0.25) is 0 Å². The van der Waals surface area contributed by atoms with Crippen molar-refractivity contribution in [1.82, 2.24) is 4.98 Å². The van der Waals surface area contributed by atoms with Crippen molar-refractivity contribution in [1.29, 1.82) is 0 Å². The number of aromatic nitrogens is 1. The van der Waals surface area contributed by atoms with E-state index in [4.69, 9.17) is 9.15 Å². The molecular weight excluding hydrogens is 615 g/mol. The Labute approximate surface area is 197 Å². The van der Waals surface area contributed by atoms with Gasteiger partial charge in [-0.3, -0.25) is 4.99 Å². The van der Waals surface area contributed by atoms with Crippen LogP contribution in [0, 0.1) is 3.57 Å². The van der Waals surface area contributed by atoms with Crippen molar-refractivity contribution < 1.29 is 14.3 Å². The van der Waals surface area contributed by atoms with Crippen LogP contribution in [0.1, 0.15) is 5.56 Å². The summed E-state index contributed by atoms with van der Waals surface area (Å²) in [6.45, 7) is 0. The van der Waals surface area contributed by atoms with Crippen molar-refractivity contribution in [2.75, 3.05) is 7.11 Å². The summed E-state index contributed by atoms with van der Waals surface area (Å²) in [6.07, 6.45) is 1.58. The van der Waals surface area contributed by atoms with Crippen LogP contribution in [0.3, 0.4) is 0 Å². The summed E-state index contributed by atoms with van der Waals surface area (Å²) in [7, 11) is 1.50. The van der Waals surface area contributed by atoms with Gasteiger partial charge in [0.1, 0.15) is 5.52 Å². The van der Waals surface area contributed by atoms with Gasteiger partial charge >= 0.3 is 0 Å². The topological polar surface area (TPSA) is 67.9 Å². The molecule has 1 N–H and O–H groups in total. The lowest BCUT2D eigenvalue weighted by Gasteiger charge is -2.09. The van der Waals surface area contributed by atoms with E-state index in [1.54, 1.807) is 12.3 Å². The van der Waals surface area contributed by atoms with Gasteiger partial charge in [-0.05, 0) is 96.9 Å². The molecule has 4 aromatic rings. The normalized spacial score (nSPS) is 11.4. The van der Waals surface area contributed by atoms with Crippen LogP contribution >= 0.6 is 54.5 Å². The molecule has 0 radical (unpaired) electrons. The minimum atomic E-state index is 0.00908. The van der Waals surface area contributed by atoms with Gasteiger partial charge in [0.05, 0.1) is 18.4 Å². The molecule has 0 unspecified atom stereocenters. The van der Waals surface area contributed by atoms with Gasteiger partial charge in [0.2, 0.25) is 5.89 Å². The minimum absolute atomic E-state index is 0.00908. The fourth-order valence-corrected chi connectivity index (χ4v) is 4.13. The molecule has 0 saturated heterocycles. The number of ether oxygens (including phenoxy) is 1. The monoisotopic (exact) mass is 626 g/mol. The number of aliphatic imine (C=N–C) groups is 1. The number of methoxy groups -OCH3 is 1. The zero-order chi connectivity index (χ0) is 20.5. The van der Waals surface area contributed by atoms with E-state index in [0.29, 0.717) is 38.5 Å². The fourth-order valence-electron chi connectivity index (χ4n) is 2.77. The van der Waals surface area contributed by atoms with E-state index in [1.165, 1.54) is 7.11 Å². The number of halogens is 3. The average molecular weight is 628 g/mol. The van der Waals surface area contributed by atoms with E-state index in [0.717, 1.165) is 13.6 Å². The number of fused-ring (bicyclic) bond motifs is 1. The molecule has 3 aromatic carbocycles. The highest BCUT2D eigenvalue weighted by molar-refractivity contribution is 14.1. The van der Waals surface area contributed by atoms with Crippen LogP contribution in [0.5, 0.6) is 11.5 Å². The summed E-state index contributed by atoms with van der Waals surface area (Å²) in [6, 6.07) is 15.2. The van der Waals surface area contributed by atoms with Gasteiger partial charge < -0.3 is 14.3 Å². The fraction of sp³-hybridized carbons (Fsp3) is 0.0476. The molecule has 0 aliphatic rings.